The number of ether oxygens (including phenoxy) is 2. The summed E-state index contributed by atoms with van der Waals surface area (Å²) in [6.45, 7) is 2.05. The first-order chi connectivity index (χ1) is 14.5. The highest BCUT2D eigenvalue weighted by molar-refractivity contribution is 5.83. The lowest BCUT2D eigenvalue weighted by molar-refractivity contribution is -0.155. The number of aryl methyl sites for hydroxylation is 1. The highest BCUT2D eigenvalue weighted by Gasteiger charge is 2.18. The summed E-state index contributed by atoms with van der Waals surface area (Å²) in [4.78, 5) is 36.2. The van der Waals surface area contributed by atoms with E-state index < -0.39 is 17.8 Å². The third-order valence-electron chi connectivity index (χ3n) is 4.66. The quantitative estimate of drug-likeness (QED) is 0.542. The zero-order valence-electron chi connectivity index (χ0n) is 16.9. The molecule has 3 aromatic rings. The lowest BCUT2D eigenvalue weighted by Crippen LogP contribution is -2.37. The Balaban J connectivity index is 1.43. The molecule has 1 amide bonds. The number of carbonyl (C=O) groups is 2. The van der Waals surface area contributed by atoms with Gasteiger partial charge in [0.2, 0.25) is 0 Å². The predicted molar refractivity (Wildman–Crippen MR) is 110 cm³/mol. The van der Waals surface area contributed by atoms with E-state index >= 15 is 0 Å². The molecular weight excluding hydrogens is 388 g/mol. The van der Waals surface area contributed by atoms with Crippen molar-refractivity contribution >= 4 is 23.0 Å². The van der Waals surface area contributed by atoms with Crippen molar-refractivity contribution in [2.45, 2.75) is 32.4 Å². The molecule has 1 N–H and O–H groups in total. The van der Waals surface area contributed by atoms with E-state index in [0.717, 1.165) is 11.3 Å². The first-order valence-electron chi connectivity index (χ1n) is 9.66. The first kappa shape index (κ1) is 21.2. The number of methoxy groups -OCH3 is 1. The molecule has 8 nitrogen and oxygen atoms in total. The van der Waals surface area contributed by atoms with E-state index in [1.807, 2.05) is 24.3 Å². The second-order valence-corrected chi connectivity index (χ2v) is 6.76. The van der Waals surface area contributed by atoms with E-state index in [9.17, 15) is 14.4 Å². The van der Waals surface area contributed by atoms with Gasteiger partial charge in [0.15, 0.2) is 11.7 Å². The molecule has 0 spiro atoms. The number of aromatic nitrogens is 1. The summed E-state index contributed by atoms with van der Waals surface area (Å²) in [7, 11) is 1.60. The van der Waals surface area contributed by atoms with E-state index in [-0.39, 0.29) is 18.9 Å². The molecule has 0 aliphatic rings. The Bertz CT molecular complexity index is 1070. The van der Waals surface area contributed by atoms with Gasteiger partial charge in [0, 0.05) is 13.1 Å². The van der Waals surface area contributed by atoms with Crippen LogP contribution < -0.4 is 15.8 Å². The number of amides is 1. The van der Waals surface area contributed by atoms with E-state index in [1.54, 1.807) is 31.4 Å². The average Bonchev–Trinajstić information content (AvgIpc) is 3.07. The number of para-hydroxylation sites is 2. The summed E-state index contributed by atoms with van der Waals surface area (Å²) in [5.74, 6) is -0.699. The van der Waals surface area contributed by atoms with Gasteiger partial charge in [-0.3, -0.25) is 14.2 Å². The van der Waals surface area contributed by atoms with Crippen LogP contribution in [0.2, 0.25) is 0 Å². The number of esters is 1. The Morgan fingerprint density at radius 2 is 1.87 bits per heavy atom. The number of fused-ring (bicyclic) bond motifs is 1. The molecule has 0 unspecified atom stereocenters. The van der Waals surface area contributed by atoms with Crippen molar-refractivity contribution in [1.29, 1.82) is 0 Å². The average molecular weight is 412 g/mol. The van der Waals surface area contributed by atoms with Gasteiger partial charge in [-0.2, -0.15) is 0 Å². The van der Waals surface area contributed by atoms with E-state index in [2.05, 4.69) is 5.32 Å². The summed E-state index contributed by atoms with van der Waals surface area (Å²) < 4.78 is 16.8. The lowest BCUT2D eigenvalue weighted by atomic mass is 10.1. The summed E-state index contributed by atoms with van der Waals surface area (Å²) >= 11 is 0. The normalized spacial score (nSPS) is 11.8. The SMILES string of the molecule is COc1ccc(CCNC(=O)[C@H](C)OC(=O)CCn2c(=O)oc3ccccc32)cc1. The van der Waals surface area contributed by atoms with Crippen molar-refractivity contribution in [3.8, 4) is 5.75 Å². The molecule has 1 heterocycles. The van der Waals surface area contributed by atoms with Crippen LogP contribution in [0.25, 0.3) is 11.1 Å². The molecule has 0 fully saturated rings. The van der Waals surface area contributed by atoms with Gasteiger partial charge < -0.3 is 19.2 Å². The maximum Gasteiger partial charge on any atom is 0.419 e. The molecule has 8 heteroatoms. The van der Waals surface area contributed by atoms with Gasteiger partial charge in [0.05, 0.1) is 19.0 Å². The molecule has 158 valence electrons. The van der Waals surface area contributed by atoms with Crippen molar-refractivity contribution in [3.63, 3.8) is 0 Å². The molecule has 3 rings (SSSR count). The van der Waals surface area contributed by atoms with Crippen LogP contribution in [0.4, 0.5) is 0 Å². The molecule has 2 aromatic carbocycles. The second-order valence-electron chi connectivity index (χ2n) is 6.76. The summed E-state index contributed by atoms with van der Waals surface area (Å²) in [6, 6.07) is 14.5. The van der Waals surface area contributed by atoms with Gasteiger partial charge in [0.1, 0.15) is 5.75 Å². The van der Waals surface area contributed by atoms with Gasteiger partial charge in [0.25, 0.3) is 5.91 Å². The number of hydrogen-bond acceptors (Lipinski definition) is 6. The van der Waals surface area contributed by atoms with Crippen LogP contribution in [0, 0.1) is 0 Å². The summed E-state index contributed by atoms with van der Waals surface area (Å²) in [6.07, 6.45) is -0.328. The van der Waals surface area contributed by atoms with Crippen LogP contribution in [-0.2, 0) is 27.3 Å². The third-order valence-corrected chi connectivity index (χ3v) is 4.66. The largest absolute Gasteiger partial charge is 0.497 e. The second kappa shape index (κ2) is 9.78. The molecule has 1 atom stereocenters. The highest BCUT2D eigenvalue weighted by atomic mass is 16.5. The number of benzene rings is 2. The summed E-state index contributed by atoms with van der Waals surface area (Å²) in [5, 5.41) is 2.75. The molecular formula is C22H24N2O6. The Morgan fingerprint density at radius 3 is 2.60 bits per heavy atom. The fourth-order valence-corrected chi connectivity index (χ4v) is 3.00. The van der Waals surface area contributed by atoms with Gasteiger partial charge in [-0.25, -0.2) is 4.79 Å². The Morgan fingerprint density at radius 1 is 1.13 bits per heavy atom. The fourth-order valence-electron chi connectivity index (χ4n) is 3.00. The molecule has 0 saturated carbocycles. The molecule has 0 aliphatic heterocycles. The van der Waals surface area contributed by atoms with Crippen LogP contribution >= 0.6 is 0 Å². The van der Waals surface area contributed by atoms with E-state index in [4.69, 9.17) is 13.9 Å². The minimum atomic E-state index is -0.925. The van der Waals surface area contributed by atoms with E-state index in [1.165, 1.54) is 11.5 Å². The Hall–Kier alpha value is -3.55. The minimum absolute atomic E-state index is 0.0487. The smallest absolute Gasteiger partial charge is 0.419 e. The Labute approximate surface area is 173 Å². The van der Waals surface area contributed by atoms with Gasteiger partial charge in [-0.05, 0) is 43.2 Å². The molecule has 30 heavy (non-hydrogen) atoms. The maximum absolute atomic E-state index is 12.2. The van der Waals surface area contributed by atoms with Crippen molar-refractivity contribution in [3.05, 3.63) is 64.6 Å². The first-order valence-corrected chi connectivity index (χ1v) is 9.66. The van der Waals surface area contributed by atoms with Crippen LogP contribution in [-0.4, -0.2) is 36.2 Å². The van der Waals surface area contributed by atoms with Gasteiger partial charge >= 0.3 is 11.7 Å². The maximum atomic E-state index is 12.2. The fraction of sp³-hybridized carbons (Fsp3) is 0.318. The van der Waals surface area contributed by atoms with Crippen molar-refractivity contribution in [2.24, 2.45) is 0 Å². The zero-order valence-corrected chi connectivity index (χ0v) is 16.9. The van der Waals surface area contributed by atoms with Crippen LogP contribution in [0.1, 0.15) is 18.9 Å². The van der Waals surface area contributed by atoms with Crippen molar-refractivity contribution in [2.75, 3.05) is 13.7 Å². The van der Waals surface area contributed by atoms with Crippen LogP contribution in [0.15, 0.2) is 57.7 Å². The molecule has 0 bridgehead atoms. The number of carbonyl (C=O) groups excluding carboxylic acids is 2. The number of nitrogens with one attached hydrogen (secondary N) is 1. The van der Waals surface area contributed by atoms with E-state index in [0.29, 0.717) is 24.1 Å². The molecule has 0 radical (unpaired) electrons. The minimum Gasteiger partial charge on any atom is -0.497 e. The number of rotatable bonds is 9. The van der Waals surface area contributed by atoms with Crippen LogP contribution in [0.3, 0.4) is 0 Å². The standard InChI is InChI=1S/C22H24N2O6/c1-15(21(26)23-13-11-16-7-9-17(28-2)10-8-16)29-20(25)12-14-24-18-5-3-4-6-19(18)30-22(24)27/h3-10,15H,11-14H2,1-2H3,(H,23,26)/t15-/m0/s1. The number of oxazole rings is 1. The predicted octanol–water partition coefficient (Wildman–Crippen LogP) is 2.28. The summed E-state index contributed by atoms with van der Waals surface area (Å²) in [5.41, 5.74) is 2.12. The zero-order chi connectivity index (χ0) is 21.5. The van der Waals surface area contributed by atoms with Gasteiger partial charge in [-0.15, -0.1) is 0 Å². The number of nitrogens with zero attached hydrogens (tertiary/aromatic N) is 1. The molecule has 1 aromatic heterocycles. The lowest BCUT2D eigenvalue weighted by Gasteiger charge is -2.13. The van der Waals surface area contributed by atoms with Gasteiger partial charge in [-0.1, -0.05) is 24.3 Å². The molecule has 0 saturated heterocycles. The van der Waals surface area contributed by atoms with Crippen LogP contribution in [0.5, 0.6) is 5.75 Å². The monoisotopic (exact) mass is 412 g/mol. The third kappa shape index (κ3) is 5.28. The Kier molecular flexibility index (Phi) is 6.90. The van der Waals surface area contributed by atoms with Crippen molar-refractivity contribution in [1.82, 2.24) is 9.88 Å². The van der Waals surface area contributed by atoms with Crippen molar-refractivity contribution < 1.29 is 23.5 Å². The molecule has 0 aliphatic carbocycles. The topological polar surface area (TPSA) is 99.8 Å². The highest BCUT2D eigenvalue weighted by Crippen LogP contribution is 2.13. The number of hydrogen-bond donors (Lipinski definition) is 1.